The Morgan fingerprint density at radius 2 is 1.88 bits per heavy atom. The number of methoxy groups -OCH3 is 1. The van der Waals surface area contributed by atoms with Crippen LogP contribution >= 0.6 is 11.8 Å². The highest BCUT2D eigenvalue weighted by molar-refractivity contribution is 8.04. The van der Waals surface area contributed by atoms with E-state index < -0.39 is 8.32 Å². The Labute approximate surface area is 158 Å². The van der Waals surface area contributed by atoms with Crippen LogP contribution in [0.2, 0.25) is 18.1 Å². The van der Waals surface area contributed by atoms with Gasteiger partial charge < -0.3 is 9.16 Å². The van der Waals surface area contributed by atoms with E-state index in [1.807, 2.05) is 6.08 Å². The van der Waals surface area contributed by atoms with Crippen molar-refractivity contribution in [2.24, 2.45) is 0 Å². The highest BCUT2D eigenvalue weighted by Crippen LogP contribution is 2.39. The van der Waals surface area contributed by atoms with Crippen LogP contribution in [0.25, 0.3) is 0 Å². The zero-order valence-corrected chi connectivity index (χ0v) is 18.5. The van der Waals surface area contributed by atoms with Gasteiger partial charge in [-0.05, 0) is 42.8 Å². The fourth-order valence-electron chi connectivity index (χ4n) is 2.37. The second kappa shape index (κ2) is 9.93. The van der Waals surface area contributed by atoms with E-state index in [1.165, 1.54) is 7.11 Å². The van der Waals surface area contributed by atoms with Crippen LogP contribution in [0.4, 0.5) is 0 Å². The first-order valence-electron chi connectivity index (χ1n) is 9.19. The normalized spacial score (nSPS) is 18.4. The number of hydrogen-bond acceptors (Lipinski definition) is 5. The molecule has 1 unspecified atom stereocenters. The zero-order valence-electron chi connectivity index (χ0n) is 16.6. The molecule has 0 spiro atoms. The van der Waals surface area contributed by atoms with Gasteiger partial charge in [-0.15, -0.1) is 11.8 Å². The minimum absolute atomic E-state index is 0.0454. The number of thioether (sulfide) groups is 1. The van der Waals surface area contributed by atoms with Crippen LogP contribution in [0.3, 0.4) is 0 Å². The Balaban J connectivity index is 2.30. The third-order valence-corrected chi connectivity index (χ3v) is 10.7. The molecule has 1 rings (SSSR count). The number of ether oxygens (including phenoxy) is 1. The van der Waals surface area contributed by atoms with Crippen molar-refractivity contribution in [1.82, 2.24) is 0 Å². The van der Waals surface area contributed by atoms with Gasteiger partial charge in [-0.3, -0.25) is 9.59 Å². The van der Waals surface area contributed by atoms with E-state index in [2.05, 4.69) is 38.6 Å². The first-order valence-corrected chi connectivity index (χ1v) is 13.1. The maximum atomic E-state index is 12.2. The van der Waals surface area contributed by atoms with E-state index in [-0.39, 0.29) is 22.9 Å². The van der Waals surface area contributed by atoms with Gasteiger partial charge in [0, 0.05) is 17.7 Å². The zero-order chi connectivity index (χ0) is 19.1. The molecular weight excluding hydrogens is 352 g/mol. The molecule has 0 aliphatic heterocycles. The van der Waals surface area contributed by atoms with Crippen molar-refractivity contribution < 1.29 is 18.8 Å². The van der Waals surface area contributed by atoms with E-state index in [0.29, 0.717) is 12.8 Å². The molecule has 0 radical (unpaired) electrons. The Morgan fingerprint density at radius 3 is 2.48 bits per heavy atom. The van der Waals surface area contributed by atoms with Crippen molar-refractivity contribution in [3.05, 3.63) is 11.0 Å². The fraction of sp³-hybridized carbons (Fsp3) is 0.789. The first kappa shape index (κ1) is 22.4. The minimum atomic E-state index is -1.84. The van der Waals surface area contributed by atoms with Crippen molar-refractivity contribution in [3.8, 4) is 0 Å². The van der Waals surface area contributed by atoms with Crippen LogP contribution in [0.15, 0.2) is 11.0 Å². The van der Waals surface area contributed by atoms with E-state index >= 15 is 0 Å². The molecule has 6 heteroatoms. The molecule has 0 aromatic carbocycles. The van der Waals surface area contributed by atoms with E-state index in [4.69, 9.17) is 4.43 Å². The summed E-state index contributed by atoms with van der Waals surface area (Å²) in [6.07, 6.45) is 7.02. The first-order chi connectivity index (χ1) is 11.6. The summed E-state index contributed by atoms with van der Waals surface area (Å²) < 4.78 is 11.0. The van der Waals surface area contributed by atoms with Crippen molar-refractivity contribution >= 4 is 31.8 Å². The predicted molar refractivity (Wildman–Crippen MR) is 107 cm³/mol. The molecule has 0 aromatic rings. The van der Waals surface area contributed by atoms with E-state index in [0.717, 1.165) is 36.3 Å². The van der Waals surface area contributed by atoms with Crippen LogP contribution in [0.5, 0.6) is 0 Å². The van der Waals surface area contributed by atoms with Crippen LogP contribution < -0.4 is 0 Å². The number of rotatable bonds is 10. The number of carbonyl (C=O) groups excluding carboxylic acids is 2. The van der Waals surface area contributed by atoms with Crippen LogP contribution in [-0.2, 0) is 18.8 Å². The third kappa shape index (κ3) is 7.67. The van der Waals surface area contributed by atoms with Gasteiger partial charge in [-0.25, -0.2) is 0 Å². The maximum Gasteiger partial charge on any atom is 0.305 e. The van der Waals surface area contributed by atoms with Gasteiger partial charge in [0.1, 0.15) is 0 Å². The molecule has 0 N–H and O–H groups in total. The Kier molecular flexibility index (Phi) is 8.91. The van der Waals surface area contributed by atoms with Crippen LogP contribution in [-0.4, -0.2) is 39.0 Å². The summed E-state index contributed by atoms with van der Waals surface area (Å²) in [6.45, 7) is 11.1. The summed E-state index contributed by atoms with van der Waals surface area (Å²) in [4.78, 5) is 24.1. The lowest BCUT2D eigenvalue weighted by molar-refractivity contribution is -0.140. The Morgan fingerprint density at radius 1 is 1.24 bits per heavy atom. The van der Waals surface area contributed by atoms with E-state index in [9.17, 15) is 9.59 Å². The third-order valence-electron chi connectivity index (χ3n) is 5.01. The average Bonchev–Trinajstić information content (AvgIpc) is 2.83. The monoisotopic (exact) mass is 386 g/mol. The molecule has 0 saturated heterocycles. The number of unbranched alkanes of at least 4 members (excludes halogenated alkanes) is 3. The summed E-state index contributed by atoms with van der Waals surface area (Å²) in [5, 5.41) is 0.157. The smallest absolute Gasteiger partial charge is 0.305 e. The maximum absolute atomic E-state index is 12.2. The molecule has 1 aliphatic rings. The van der Waals surface area contributed by atoms with Gasteiger partial charge in [-0.1, -0.05) is 33.6 Å². The van der Waals surface area contributed by atoms with Gasteiger partial charge >= 0.3 is 5.97 Å². The highest BCUT2D eigenvalue weighted by Gasteiger charge is 2.40. The lowest BCUT2D eigenvalue weighted by Gasteiger charge is -2.37. The Bertz CT molecular complexity index is 494. The standard InChI is InChI=1S/C19H34O4SSi/c1-19(2,3)25(5,6)23-15-13-16(20)17(14-15)24-12-10-8-7-9-11-18(21)22-4/h14-15H,7-13H2,1-6H3. The topological polar surface area (TPSA) is 52.6 Å². The van der Waals surface area contributed by atoms with Crippen molar-refractivity contribution in [2.75, 3.05) is 12.9 Å². The molecule has 0 amide bonds. The molecule has 144 valence electrons. The van der Waals surface area contributed by atoms with Gasteiger partial charge in [0.2, 0.25) is 0 Å². The minimum Gasteiger partial charge on any atom is -0.469 e. The fourth-order valence-corrected chi connectivity index (χ4v) is 4.70. The second-order valence-electron chi connectivity index (χ2n) is 8.16. The lowest BCUT2D eigenvalue weighted by Crippen LogP contribution is -2.43. The number of ketones is 1. The summed E-state index contributed by atoms with van der Waals surface area (Å²) in [7, 11) is -0.415. The molecule has 1 atom stereocenters. The lowest BCUT2D eigenvalue weighted by atomic mass is 10.1. The highest BCUT2D eigenvalue weighted by atomic mass is 32.2. The summed E-state index contributed by atoms with van der Waals surface area (Å²) >= 11 is 1.65. The molecule has 0 saturated carbocycles. The van der Waals surface area contributed by atoms with Gasteiger partial charge in [0.15, 0.2) is 14.1 Å². The van der Waals surface area contributed by atoms with Gasteiger partial charge in [-0.2, -0.15) is 0 Å². The van der Waals surface area contributed by atoms with Crippen molar-refractivity contribution in [1.29, 1.82) is 0 Å². The molecule has 1 aliphatic carbocycles. The molecule has 0 aromatic heterocycles. The van der Waals surface area contributed by atoms with Crippen molar-refractivity contribution in [3.63, 3.8) is 0 Å². The number of hydrogen-bond donors (Lipinski definition) is 0. The largest absolute Gasteiger partial charge is 0.469 e. The Hall–Kier alpha value is -0.593. The van der Waals surface area contributed by atoms with Gasteiger partial charge in [0.05, 0.1) is 13.2 Å². The van der Waals surface area contributed by atoms with Gasteiger partial charge in [0.25, 0.3) is 0 Å². The molecule has 25 heavy (non-hydrogen) atoms. The van der Waals surface area contributed by atoms with Crippen LogP contribution in [0.1, 0.15) is 59.3 Å². The average molecular weight is 387 g/mol. The molecule has 0 bridgehead atoms. The molecule has 0 fully saturated rings. The summed E-state index contributed by atoms with van der Waals surface area (Å²) in [5.41, 5.74) is 0. The number of Topliss-reactive ketones (excluding diaryl/α,β-unsaturated/α-hetero) is 1. The number of carbonyl (C=O) groups is 2. The summed E-state index contributed by atoms with van der Waals surface area (Å²) in [6, 6.07) is 0. The quantitative estimate of drug-likeness (QED) is 0.297. The molecular formula is C19H34O4SSi. The van der Waals surface area contributed by atoms with Crippen LogP contribution in [0, 0.1) is 0 Å². The SMILES string of the molecule is COC(=O)CCCCCCSC1=CC(O[Si](C)(C)C(C)(C)C)CC1=O. The van der Waals surface area contributed by atoms with Crippen molar-refractivity contribution in [2.45, 2.75) is 83.5 Å². The summed E-state index contributed by atoms with van der Waals surface area (Å²) in [5.74, 6) is 1.03. The number of allylic oxidation sites excluding steroid dienone is 1. The molecule has 0 heterocycles. The predicted octanol–water partition coefficient (Wildman–Crippen LogP) is 5.09. The number of esters is 1. The van der Waals surface area contributed by atoms with E-state index in [1.54, 1.807) is 11.8 Å². The molecule has 4 nitrogen and oxygen atoms in total. The second-order valence-corrected chi connectivity index (χ2v) is 14.1.